The molecular weight excluding hydrogens is 354 g/mol. The molecule has 0 heterocycles. The van der Waals surface area contributed by atoms with Crippen LogP contribution in [0, 0.1) is 23.0 Å². The largest absolute Gasteiger partial charge is 0.336 e. The van der Waals surface area contributed by atoms with Crippen LogP contribution in [0.25, 0.3) is 10.8 Å². The van der Waals surface area contributed by atoms with Crippen molar-refractivity contribution in [3.63, 3.8) is 0 Å². The van der Waals surface area contributed by atoms with E-state index in [0.29, 0.717) is 6.07 Å². The summed E-state index contributed by atoms with van der Waals surface area (Å²) in [6.07, 6.45) is 0. The molecule has 0 bridgehead atoms. The molecule has 3 nitrogen and oxygen atoms in total. The average molecular weight is 368 g/mol. The van der Waals surface area contributed by atoms with Gasteiger partial charge < -0.3 is 5.32 Å². The van der Waals surface area contributed by atoms with E-state index in [4.69, 9.17) is 0 Å². The molecule has 3 rings (SSSR count). The molecule has 1 unspecified atom stereocenters. The molecule has 0 saturated carbocycles. The summed E-state index contributed by atoms with van der Waals surface area (Å²) in [4.78, 5) is 13.0. The van der Waals surface area contributed by atoms with Crippen molar-refractivity contribution in [2.75, 3.05) is 5.75 Å². The van der Waals surface area contributed by atoms with E-state index in [1.807, 2.05) is 48.5 Å². The van der Waals surface area contributed by atoms with Gasteiger partial charge in [0.25, 0.3) is 0 Å². The molecule has 3 aromatic carbocycles. The molecule has 0 aromatic heterocycles. The molecule has 0 aliphatic heterocycles. The molecule has 26 heavy (non-hydrogen) atoms. The number of halogens is 2. The SMILES string of the molecule is N#CC(NC(=O)CSc1ccc2ccccc2c1)c1ccc(F)cc1F. The van der Waals surface area contributed by atoms with Crippen LogP contribution in [0.4, 0.5) is 8.78 Å². The Morgan fingerprint density at radius 2 is 1.85 bits per heavy atom. The van der Waals surface area contributed by atoms with E-state index in [2.05, 4.69) is 5.32 Å². The lowest BCUT2D eigenvalue weighted by atomic mass is 10.1. The Labute approximate surface area is 153 Å². The van der Waals surface area contributed by atoms with Gasteiger partial charge in [0.05, 0.1) is 11.8 Å². The lowest BCUT2D eigenvalue weighted by Crippen LogP contribution is -2.29. The second-order valence-corrected chi connectivity index (χ2v) is 6.64. The Morgan fingerprint density at radius 3 is 2.58 bits per heavy atom. The topological polar surface area (TPSA) is 52.9 Å². The third-order valence-corrected chi connectivity index (χ3v) is 4.79. The van der Waals surface area contributed by atoms with E-state index >= 15 is 0 Å². The van der Waals surface area contributed by atoms with Crippen LogP contribution in [-0.4, -0.2) is 11.7 Å². The van der Waals surface area contributed by atoms with E-state index in [1.54, 1.807) is 0 Å². The molecule has 0 radical (unpaired) electrons. The van der Waals surface area contributed by atoms with Crippen molar-refractivity contribution in [1.29, 1.82) is 5.26 Å². The number of hydrogen-bond acceptors (Lipinski definition) is 3. The summed E-state index contributed by atoms with van der Waals surface area (Å²) in [5.41, 5.74) is -0.0574. The average Bonchev–Trinajstić information content (AvgIpc) is 2.65. The maximum atomic E-state index is 13.8. The molecule has 130 valence electrons. The molecule has 0 aliphatic rings. The number of thioether (sulfide) groups is 1. The van der Waals surface area contributed by atoms with Gasteiger partial charge in [-0.15, -0.1) is 11.8 Å². The Balaban J connectivity index is 1.64. The third-order valence-electron chi connectivity index (χ3n) is 3.80. The quantitative estimate of drug-likeness (QED) is 0.670. The number of carbonyl (C=O) groups excluding carboxylic acids is 1. The van der Waals surface area contributed by atoms with Crippen LogP contribution in [0.3, 0.4) is 0 Å². The Bertz CT molecular complexity index is 1000. The highest BCUT2D eigenvalue weighted by Crippen LogP contribution is 2.24. The Hall–Kier alpha value is -2.91. The minimum Gasteiger partial charge on any atom is -0.336 e. The first kappa shape index (κ1) is 17.9. The lowest BCUT2D eigenvalue weighted by Gasteiger charge is -2.13. The fraction of sp³-hybridized carbons (Fsp3) is 0.100. The zero-order valence-electron chi connectivity index (χ0n) is 13.6. The van der Waals surface area contributed by atoms with Crippen LogP contribution in [-0.2, 0) is 4.79 Å². The van der Waals surface area contributed by atoms with Gasteiger partial charge in [0.1, 0.15) is 17.7 Å². The van der Waals surface area contributed by atoms with Crippen LogP contribution in [0.1, 0.15) is 11.6 Å². The highest BCUT2D eigenvalue weighted by Gasteiger charge is 2.18. The highest BCUT2D eigenvalue weighted by atomic mass is 32.2. The maximum absolute atomic E-state index is 13.8. The number of nitrogens with one attached hydrogen (secondary N) is 1. The minimum atomic E-state index is -1.17. The first-order valence-corrected chi connectivity index (χ1v) is 8.81. The summed E-state index contributed by atoms with van der Waals surface area (Å²) in [6.45, 7) is 0. The molecule has 3 aromatic rings. The van der Waals surface area contributed by atoms with Crippen LogP contribution < -0.4 is 5.32 Å². The van der Waals surface area contributed by atoms with Gasteiger partial charge in [-0.3, -0.25) is 4.79 Å². The van der Waals surface area contributed by atoms with Crippen molar-refractivity contribution in [2.24, 2.45) is 0 Å². The molecule has 0 spiro atoms. The third kappa shape index (κ3) is 4.19. The van der Waals surface area contributed by atoms with E-state index < -0.39 is 23.6 Å². The smallest absolute Gasteiger partial charge is 0.231 e. The summed E-state index contributed by atoms with van der Waals surface area (Å²) in [7, 11) is 0. The molecular formula is C20H14F2N2OS. The van der Waals surface area contributed by atoms with Crippen molar-refractivity contribution in [3.8, 4) is 6.07 Å². The number of fused-ring (bicyclic) bond motifs is 1. The van der Waals surface area contributed by atoms with Gasteiger partial charge in [0, 0.05) is 16.5 Å². The summed E-state index contributed by atoms with van der Waals surface area (Å²) < 4.78 is 26.8. The van der Waals surface area contributed by atoms with Gasteiger partial charge in [-0.1, -0.05) is 36.4 Å². The normalized spacial score (nSPS) is 11.7. The second-order valence-electron chi connectivity index (χ2n) is 5.59. The zero-order valence-corrected chi connectivity index (χ0v) is 14.4. The monoisotopic (exact) mass is 368 g/mol. The summed E-state index contributed by atoms with van der Waals surface area (Å²) in [5, 5.41) is 13.8. The van der Waals surface area contributed by atoms with E-state index in [-0.39, 0.29) is 11.3 Å². The molecule has 6 heteroatoms. The van der Waals surface area contributed by atoms with E-state index in [0.717, 1.165) is 27.8 Å². The van der Waals surface area contributed by atoms with Crippen LogP contribution in [0.15, 0.2) is 65.6 Å². The molecule has 0 fully saturated rings. The number of carbonyl (C=O) groups is 1. The Morgan fingerprint density at radius 1 is 1.08 bits per heavy atom. The fourth-order valence-corrected chi connectivity index (χ4v) is 3.28. The summed E-state index contributed by atoms with van der Waals surface area (Å²) in [6, 6.07) is 17.3. The van der Waals surface area contributed by atoms with Gasteiger partial charge in [-0.25, -0.2) is 8.78 Å². The zero-order chi connectivity index (χ0) is 18.5. The van der Waals surface area contributed by atoms with Gasteiger partial charge in [-0.2, -0.15) is 5.26 Å². The van der Waals surface area contributed by atoms with Crippen molar-refractivity contribution in [1.82, 2.24) is 5.32 Å². The first-order chi connectivity index (χ1) is 12.6. The molecule has 1 N–H and O–H groups in total. The standard InChI is InChI=1S/C20H14F2N2OS/c21-15-6-8-17(18(22)10-15)19(11-23)24-20(25)12-26-16-7-5-13-3-1-2-4-14(13)9-16/h1-10,19H,12H2,(H,24,25). The number of nitrogens with zero attached hydrogens (tertiary/aromatic N) is 1. The van der Waals surface area contributed by atoms with Crippen molar-refractivity contribution in [2.45, 2.75) is 10.9 Å². The number of hydrogen-bond donors (Lipinski definition) is 1. The van der Waals surface area contributed by atoms with E-state index in [9.17, 15) is 18.8 Å². The molecule has 1 atom stereocenters. The van der Waals surface area contributed by atoms with Crippen molar-refractivity contribution < 1.29 is 13.6 Å². The highest BCUT2D eigenvalue weighted by molar-refractivity contribution is 8.00. The predicted octanol–water partition coefficient (Wildman–Crippen LogP) is 4.59. The van der Waals surface area contributed by atoms with Gasteiger partial charge >= 0.3 is 0 Å². The number of rotatable bonds is 5. The molecule has 0 aliphatic carbocycles. The predicted molar refractivity (Wildman–Crippen MR) is 97.5 cm³/mol. The number of nitriles is 1. The van der Waals surface area contributed by atoms with Gasteiger partial charge in [-0.05, 0) is 29.0 Å². The first-order valence-electron chi connectivity index (χ1n) is 7.82. The molecule has 1 amide bonds. The van der Waals surface area contributed by atoms with Crippen LogP contribution in [0.5, 0.6) is 0 Å². The van der Waals surface area contributed by atoms with Gasteiger partial charge in [0.15, 0.2) is 0 Å². The van der Waals surface area contributed by atoms with Gasteiger partial charge in [0.2, 0.25) is 5.91 Å². The summed E-state index contributed by atoms with van der Waals surface area (Å²) in [5.74, 6) is -1.92. The lowest BCUT2D eigenvalue weighted by molar-refractivity contribution is -0.118. The van der Waals surface area contributed by atoms with E-state index in [1.165, 1.54) is 11.8 Å². The maximum Gasteiger partial charge on any atom is 0.231 e. The second kappa shape index (κ2) is 7.98. The fourth-order valence-electron chi connectivity index (χ4n) is 2.52. The minimum absolute atomic E-state index is 0.0574. The Kier molecular flexibility index (Phi) is 5.49. The van der Waals surface area contributed by atoms with Crippen LogP contribution >= 0.6 is 11.8 Å². The van der Waals surface area contributed by atoms with Crippen LogP contribution in [0.2, 0.25) is 0 Å². The number of amides is 1. The van der Waals surface area contributed by atoms with Crippen molar-refractivity contribution >= 4 is 28.4 Å². The van der Waals surface area contributed by atoms with Crippen molar-refractivity contribution in [3.05, 3.63) is 77.9 Å². The molecule has 0 saturated heterocycles. The number of benzene rings is 3. The summed E-state index contributed by atoms with van der Waals surface area (Å²) >= 11 is 1.32.